The molecule has 1 aliphatic heterocycles. The monoisotopic (exact) mass is 421 g/mol. The second kappa shape index (κ2) is 7.47. The molecular weight excluding hydrogens is 398 g/mol. The van der Waals surface area contributed by atoms with E-state index < -0.39 is 9.84 Å². The van der Waals surface area contributed by atoms with Crippen LogP contribution in [-0.2, 0) is 14.6 Å². The van der Waals surface area contributed by atoms with Crippen LogP contribution in [0.5, 0.6) is 0 Å². The summed E-state index contributed by atoms with van der Waals surface area (Å²) in [7, 11) is -3.03. The molecule has 0 radical (unpaired) electrons. The lowest BCUT2D eigenvalue weighted by atomic mass is 10.1. The van der Waals surface area contributed by atoms with Crippen LogP contribution in [-0.4, -0.2) is 68.8 Å². The number of thioether (sulfide) groups is 1. The Labute approximate surface area is 168 Å². The highest BCUT2D eigenvalue weighted by atomic mass is 32.2. The van der Waals surface area contributed by atoms with E-state index in [4.69, 9.17) is 0 Å². The molecule has 10 heteroatoms. The highest BCUT2D eigenvalue weighted by Crippen LogP contribution is 2.33. The molecule has 0 spiro atoms. The van der Waals surface area contributed by atoms with Crippen molar-refractivity contribution in [3.05, 3.63) is 29.3 Å². The molecule has 1 aromatic carbocycles. The lowest BCUT2D eigenvalue weighted by Crippen LogP contribution is -2.43. The zero-order valence-corrected chi connectivity index (χ0v) is 17.5. The maximum absolute atomic E-state index is 12.9. The van der Waals surface area contributed by atoms with Crippen molar-refractivity contribution >= 4 is 27.5 Å². The molecule has 28 heavy (non-hydrogen) atoms. The molecule has 1 saturated heterocycles. The van der Waals surface area contributed by atoms with E-state index in [-0.39, 0.29) is 35.2 Å². The van der Waals surface area contributed by atoms with Gasteiger partial charge in [-0.1, -0.05) is 23.9 Å². The van der Waals surface area contributed by atoms with E-state index in [1.165, 1.54) is 11.8 Å². The summed E-state index contributed by atoms with van der Waals surface area (Å²) >= 11 is 1.29. The molecule has 1 atom stereocenters. The van der Waals surface area contributed by atoms with Crippen molar-refractivity contribution < 1.29 is 13.2 Å². The summed E-state index contributed by atoms with van der Waals surface area (Å²) in [5, 5.41) is 12.5. The maximum atomic E-state index is 12.9. The van der Waals surface area contributed by atoms with Gasteiger partial charge in [-0.3, -0.25) is 4.79 Å². The van der Waals surface area contributed by atoms with Gasteiger partial charge in [0.15, 0.2) is 9.84 Å². The molecular formula is C18H23N5O3S2. The standard InChI is InChI=1S/C18H23N5O3S2/c1-12-3-4-13(2)16(9-12)23-18(19-20-21-23)27-10-17(24)22(14-5-6-14)15-7-8-28(25,26)11-15/h3-4,9,14-15H,5-8,10-11H2,1-2H3/t15-/m0/s1. The number of aryl methyl sites for hydroxylation is 2. The van der Waals surface area contributed by atoms with Crippen LogP contribution in [0.15, 0.2) is 23.4 Å². The summed E-state index contributed by atoms with van der Waals surface area (Å²) in [5.41, 5.74) is 3.04. The molecule has 2 fully saturated rings. The number of amides is 1. The van der Waals surface area contributed by atoms with Crippen LogP contribution in [0.4, 0.5) is 0 Å². The Morgan fingerprint density at radius 2 is 2.04 bits per heavy atom. The summed E-state index contributed by atoms with van der Waals surface area (Å²) in [6, 6.07) is 6.04. The third kappa shape index (κ3) is 4.07. The Morgan fingerprint density at radius 3 is 2.71 bits per heavy atom. The highest BCUT2D eigenvalue weighted by Gasteiger charge is 2.42. The fraction of sp³-hybridized carbons (Fsp3) is 0.556. The number of benzene rings is 1. The van der Waals surface area contributed by atoms with Crippen LogP contribution < -0.4 is 0 Å². The van der Waals surface area contributed by atoms with Crippen LogP contribution in [0.2, 0.25) is 0 Å². The van der Waals surface area contributed by atoms with Crippen molar-refractivity contribution in [3.8, 4) is 5.69 Å². The predicted octanol–water partition coefficient (Wildman–Crippen LogP) is 1.55. The van der Waals surface area contributed by atoms with Gasteiger partial charge < -0.3 is 4.90 Å². The summed E-state index contributed by atoms with van der Waals surface area (Å²) in [6.07, 6.45) is 2.44. The predicted molar refractivity (Wildman–Crippen MR) is 106 cm³/mol. The summed E-state index contributed by atoms with van der Waals surface area (Å²) < 4.78 is 25.3. The second-order valence-corrected chi connectivity index (χ2v) is 10.7. The SMILES string of the molecule is Cc1ccc(C)c(-n2nnnc2SCC(=O)N(C2CC2)[C@H]2CCS(=O)(=O)C2)c1. The number of nitrogens with zero attached hydrogens (tertiary/aromatic N) is 5. The quantitative estimate of drug-likeness (QED) is 0.653. The van der Waals surface area contributed by atoms with Crippen LogP contribution in [0.1, 0.15) is 30.4 Å². The van der Waals surface area contributed by atoms with E-state index >= 15 is 0 Å². The van der Waals surface area contributed by atoms with E-state index in [0.717, 1.165) is 29.7 Å². The minimum atomic E-state index is -3.03. The number of rotatable bonds is 6. The van der Waals surface area contributed by atoms with Gasteiger partial charge >= 0.3 is 0 Å². The molecule has 0 unspecified atom stereocenters. The molecule has 2 heterocycles. The Kier molecular flexibility index (Phi) is 5.17. The Hall–Kier alpha value is -1.94. The van der Waals surface area contributed by atoms with E-state index in [2.05, 4.69) is 15.5 Å². The largest absolute Gasteiger partial charge is 0.335 e. The van der Waals surface area contributed by atoms with Gasteiger partial charge in [-0.25, -0.2) is 8.42 Å². The third-order valence-corrected chi connectivity index (χ3v) is 7.84. The van der Waals surface area contributed by atoms with Crippen LogP contribution >= 0.6 is 11.8 Å². The fourth-order valence-corrected chi connectivity index (χ4v) is 6.09. The Bertz CT molecular complexity index is 1000. The normalized spacial score (nSPS) is 21.0. The molecule has 2 aromatic rings. The van der Waals surface area contributed by atoms with Crippen molar-refractivity contribution in [2.45, 2.75) is 50.4 Å². The molecule has 0 bridgehead atoms. The molecule has 4 rings (SSSR count). The van der Waals surface area contributed by atoms with Gasteiger partial charge in [-0.05, 0) is 60.7 Å². The molecule has 2 aliphatic rings. The molecule has 1 amide bonds. The van der Waals surface area contributed by atoms with Gasteiger partial charge in [0.25, 0.3) is 0 Å². The molecule has 0 N–H and O–H groups in total. The molecule has 150 valence electrons. The first-order valence-electron chi connectivity index (χ1n) is 9.34. The van der Waals surface area contributed by atoms with Gasteiger partial charge in [0.2, 0.25) is 11.1 Å². The number of carbonyl (C=O) groups is 1. The van der Waals surface area contributed by atoms with Crippen molar-refractivity contribution in [1.29, 1.82) is 0 Å². The van der Waals surface area contributed by atoms with Crippen LogP contribution in [0, 0.1) is 13.8 Å². The Balaban J connectivity index is 1.48. The number of sulfone groups is 1. The lowest BCUT2D eigenvalue weighted by Gasteiger charge is -2.28. The van der Waals surface area contributed by atoms with Gasteiger partial charge in [0.1, 0.15) is 0 Å². The number of hydrogen-bond donors (Lipinski definition) is 0. The summed E-state index contributed by atoms with van der Waals surface area (Å²) in [6.45, 7) is 4.00. The van der Waals surface area contributed by atoms with E-state index in [0.29, 0.717) is 11.6 Å². The summed E-state index contributed by atoms with van der Waals surface area (Å²) in [4.78, 5) is 14.7. The van der Waals surface area contributed by atoms with Gasteiger partial charge in [0.05, 0.1) is 22.9 Å². The number of carbonyl (C=O) groups excluding carboxylic acids is 1. The molecule has 1 aliphatic carbocycles. The van der Waals surface area contributed by atoms with Gasteiger partial charge in [-0.2, -0.15) is 4.68 Å². The molecule has 1 saturated carbocycles. The lowest BCUT2D eigenvalue weighted by molar-refractivity contribution is -0.130. The highest BCUT2D eigenvalue weighted by molar-refractivity contribution is 7.99. The van der Waals surface area contributed by atoms with Crippen molar-refractivity contribution in [3.63, 3.8) is 0 Å². The first-order chi connectivity index (χ1) is 13.3. The number of tetrazole rings is 1. The zero-order valence-electron chi connectivity index (χ0n) is 15.9. The van der Waals surface area contributed by atoms with Crippen LogP contribution in [0.3, 0.4) is 0 Å². The average Bonchev–Trinajstić information content (AvgIpc) is 3.24. The minimum absolute atomic E-state index is 0.0369. The van der Waals surface area contributed by atoms with E-state index in [1.807, 2.05) is 36.9 Å². The minimum Gasteiger partial charge on any atom is -0.335 e. The van der Waals surface area contributed by atoms with Crippen molar-refractivity contribution in [1.82, 2.24) is 25.1 Å². The third-order valence-electron chi connectivity index (χ3n) is 5.19. The van der Waals surface area contributed by atoms with Gasteiger partial charge in [-0.15, -0.1) is 5.10 Å². The summed E-state index contributed by atoms with van der Waals surface area (Å²) in [5.74, 6) is 0.412. The topological polar surface area (TPSA) is 98.1 Å². The maximum Gasteiger partial charge on any atom is 0.233 e. The number of hydrogen-bond acceptors (Lipinski definition) is 7. The number of aromatic nitrogens is 4. The van der Waals surface area contributed by atoms with Crippen LogP contribution in [0.25, 0.3) is 5.69 Å². The van der Waals surface area contributed by atoms with Crippen molar-refractivity contribution in [2.24, 2.45) is 0 Å². The van der Waals surface area contributed by atoms with E-state index in [1.54, 1.807) is 4.68 Å². The second-order valence-electron chi connectivity index (χ2n) is 7.54. The van der Waals surface area contributed by atoms with Crippen molar-refractivity contribution in [2.75, 3.05) is 17.3 Å². The van der Waals surface area contributed by atoms with Gasteiger partial charge in [0, 0.05) is 12.1 Å². The first kappa shape index (κ1) is 19.4. The zero-order chi connectivity index (χ0) is 19.9. The first-order valence-corrected chi connectivity index (χ1v) is 12.1. The fourth-order valence-electron chi connectivity index (χ4n) is 3.62. The average molecular weight is 422 g/mol. The smallest absolute Gasteiger partial charge is 0.233 e. The molecule has 1 aromatic heterocycles. The van der Waals surface area contributed by atoms with E-state index in [9.17, 15) is 13.2 Å². The molecule has 8 nitrogen and oxygen atoms in total. The Morgan fingerprint density at radius 1 is 1.25 bits per heavy atom.